The van der Waals surface area contributed by atoms with E-state index < -0.39 is 11.9 Å². The largest absolute Gasteiger partial charge is 0.396 e. The quantitative estimate of drug-likeness (QED) is 0.603. The van der Waals surface area contributed by atoms with Gasteiger partial charge < -0.3 is 20.5 Å². The average Bonchev–Trinajstić information content (AvgIpc) is 3.12. The topological polar surface area (TPSA) is 105 Å². The van der Waals surface area contributed by atoms with Gasteiger partial charge in [0, 0.05) is 37.9 Å². The van der Waals surface area contributed by atoms with Crippen molar-refractivity contribution in [3.63, 3.8) is 0 Å². The van der Waals surface area contributed by atoms with Crippen LogP contribution in [0, 0.1) is 0 Å². The van der Waals surface area contributed by atoms with E-state index in [0.717, 1.165) is 18.4 Å². The third kappa shape index (κ3) is 4.77. The maximum absolute atomic E-state index is 13.0. The fraction of sp³-hybridized carbons (Fsp3) is 0.450. The molecule has 156 valence electrons. The van der Waals surface area contributed by atoms with E-state index in [1.54, 1.807) is 25.3 Å². The highest BCUT2D eigenvalue weighted by atomic mass is 35.5. The van der Waals surface area contributed by atoms with Gasteiger partial charge in [-0.25, -0.2) is 0 Å². The molecule has 0 spiro atoms. The molecule has 0 aliphatic heterocycles. The summed E-state index contributed by atoms with van der Waals surface area (Å²) in [6.07, 6.45) is 1.95. The summed E-state index contributed by atoms with van der Waals surface area (Å²) < 4.78 is 6.75. The normalized spacial score (nSPS) is 19.3. The first-order valence-corrected chi connectivity index (χ1v) is 9.86. The Morgan fingerprint density at radius 3 is 2.72 bits per heavy atom. The van der Waals surface area contributed by atoms with Crippen molar-refractivity contribution in [3.05, 3.63) is 52.3 Å². The highest BCUT2D eigenvalue weighted by molar-refractivity contribution is 6.30. The molecule has 9 heteroatoms. The Kier molecular flexibility index (Phi) is 6.89. The number of hydrogen-bond donors (Lipinski definition) is 3. The number of amides is 2. The second-order valence-corrected chi connectivity index (χ2v) is 7.46. The molecular formula is C20H25ClN4O4. The summed E-state index contributed by atoms with van der Waals surface area (Å²) >= 11 is 6.13. The first kappa shape index (κ1) is 21.3. The molecule has 8 nitrogen and oxygen atoms in total. The highest BCUT2D eigenvalue weighted by Crippen LogP contribution is 2.27. The van der Waals surface area contributed by atoms with E-state index >= 15 is 0 Å². The van der Waals surface area contributed by atoms with Gasteiger partial charge in [0.25, 0.3) is 11.8 Å². The lowest BCUT2D eigenvalue weighted by molar-refractivity contribution is 0.0174. The van der Waals surface area contributed by atoms with Crippen LogP contribution < -0.4 is 10.6 Å². The van der Waals surface area contributed by atoms with Crippen molar-refractivity contribution in [3.8, 4) is 0 Å². The van der Waals surface area contributed by atoms with Crippen LogP contribution in [0.15, 0.2) is 30.3 Å². The Morgan fingerprint density at radius 2 is 2.10 bits per heavy atom. The van der Waals surface area contributed by atoms with Gasteiger partial charge >= 0.3 is 0 Å². The van der Waals surface area contributed by atoms with Crippen molar-refractivity contribution < 1.29 is 19.4 Å². The summed E-state index contributed by atoms with van der Waals surface area (Å²) in [6.45, 7) is -0.119. The molecule has 1 fully saturated rings. The number of aliphatic hydroxyl groups excluding tert-OH is 1. The number of nitrogens with one attached hydrogen (secondary N) is 2. The monoisotopic (exact) mass is 420 g/mol. The molecule has 1 heterocycles. The molecule has 3 rings (SSSR count). The lowest BCUT2D eigenvalue weighted by atomic mass is 9.89. The third-order valence-corrected chi connectivity index (χ3v) is 5.36. The van der Waals surface area contributed by atoms with Gasteiger partial charge in [0.1, 0.15) is 5.69 Å². The Labute approximate surface area is 174 Å². The maximum atomic E-state index is 13.0. The number of methoxy groups -OCH3 is 1. The van der Waals surface area contributed by atoms with Crippen molar-refractivity contribution in [2.45, 2.75) is 37.5 Å². The van der Waals surface area contributed by atoms with Gasteiger partial charge in [-0.1, -0.05) is 23.7 Å². The van der Waals surface area contributed by atoms with Crippen LogP contribution in [0.1, 0.15) is 51.8 Å². The molecule has 0 saturated heterocycles. The number of benzene rings is 1. The molecular weight excluding hydrogens is 396 g/mol. The summed E-state index contributed by atoms with van der Waals surface area (Å²) in [5.41, 5.74) is 1.17. The van der Waals surface area contributed by atoms with E-state index in [0.29, 0.717) is 11.4 Å². The van der Waals surface area contributed by atoms with Gasteiger partial charge in [-0.3, -0.25) is 14.3 Å². The number of ether oxygens (including phenoxy) is 1. The second kappa shape index (κ2) is 9.39. The predicted molar refractivity (Wildman–Crippen MR) is 108 cm³/mol. The Morgan fingerprint density at radius 1 is 1.34 bits per heavy atom. The van der Waals surface area contributed by atoms with Crippen LogP contribution in [0.4, 0.5) is 0 Å². The molecule has 1 aromatic carbocycles. The molecule has 2 aromatic rings. The van der Waals surface area contributed by atoms with Crippen LogP contribution in [0.25, 0.3) is 0 Å². The zero-order chi connectivity index (χ0) is 21.0. The second-order valence-electron chi connectivity index (χ2n) is 7.02. The van der Waals surface area contributed by atoms with Gasteiger partial charge in [-0.05, 0) is 37.0 Å². The average molecular weight is 421 g/mol. The SMILES string of the molecule is CNC(=O)c1cc(C(=O)NC2CC(OC)C2)n([C@@H](CCO)c2cccc(Cl)c2)n1. The summed E-state index contributed by atoms with van der Waals surface area (Å²) in [7, 11) is 3.15. The highest BCUT2D eigenvalue weighted by Gasteiger charge is 2.32. The van der Waals surface area contributed by atoms with Gasteiger partial charge in [0.15, 0.2) is 5.69 Å². The number of nitrogens with zero attached hydrogens (tertiary/aromatic N) is 2. The minimum atomic E-state index is -0.453. The zero-order valence-electron chi connectivity index (χ0n) is 16.4. The first-order chi connectivity index (χ1) is 14.0. The van der Waals surface area contributed by atoms with Gasteiger partial charge in [0.2, 0.25) is 0 Å². The van der Waals surface area contributed by atoms with E-state index in [9.17, 15) is 14.7 Å². The molecule has 1 aliphatic carbocycles. The molecule has 0 unspecified atom stereocenters. The van der Waals surface area contributed by atoms with E-state index in [1.807, 2.05) is 6.07 Å². The van der Waals surface area contributed by atoms with Crippen LogP contribution in [0.3, 0.4) is 0 Å². The molecule has 1 aliphatic rings. The summed E-state index contributed by atoms with van der Waals surface area (Å²) in [4.78, 5) is 25.1. The number of aromatic nitrogens is 2. The van der Waals surface area contributed by atoms with E-state index in [1.165, 1.54) is 17.8 Å². The van der Waals surface area contributed by atoms with Gasteiger partial charge in [0.05, 0.1) is 12.1 Å². The number of halogens is 1. The number of aliphatic hydroxyl groups is 1. The minimum absolute atomic E-state index is 0.0155. The minimum Gasteiger partial charge on any atom is -0.396 e. The first-order valence-electron chi connectivity index (χ1n) is 9.48. The predicted octanol–water partition coefficient (Wildman–Crippen LogP) is 1.78. The number of carbonyl (C=O) groups excluding carboxylic acids is 2. The standard InChI is InChI=1S/C20H25ClN4O4/c1-22-19(27)16-11-18(20(28)23-14-9-15(10-14)29-2)25(24-16)17(6-7-26)12-4-3-5-13(21)8-12/h3-5,8,11,14-15,17,26H,6-7,9-10H2,1-2H3,(H,22,27)(H,23,28)/t14?,15?,17-/m0/s1. The van der Waals surface area contributed by atoms with Crippen molar-refractivity contribution in [1.29, 1.82) is 0 Å². The van der Waals surface area contributed by atoms with Crippen LogP contribution in [0.2, 0.25) is 5.02 Å². The van der Waals surface area contributed by atoms with Crippen molar-refractivity contribution in [2.24, 2.45) is 0 Å². The zero-order valence-corrected chi connectivity index (χ0v) is 17.1. The fourth-order valence-electron chi connectivity index (χ4n) is 3.44. The van der Waals surface area contributed by atoms with E-state index in [2.05, 4.69) is 15.7 Å². The van der Waals surface area contributed by atoms with Crippen molar-refractivity contribution >= 4 is 23.4 Å². The van der Waals surface area contributed by atoms with Crippen LogP contribution >= 0.6 is 11.6 Å². The van der Waals surface area contributed by atoms with Crippen LogP contribution in [-0.4, -0.2) is 59.6 Å². The number of carbonyl (C=O) groups is 2. The Bertz CT molecular complexity index is 879. The maximum Gasteiger partial charge on any atom is 0.271 e. The Hall–Kier alpha value is -2.42. The molecule has 0 bridgehead atoms. The smallest absolute Gasteiger partial charge is 0.271 e. The molecule has 0 radical (unpaired) electrons. The molecule has 2 amide bonds. The molecule has 1 saturated carbocycles. The lowest BCUT2D eigenvalue weighted by Crippen LogP contribution is -2.48. The van der Waals surface area contributed by atoms with Gasteiger partial charge in [-0.15, -0.1) is 0 Å². The molecule has 1 atom stereocenters. The number of rotatable bonds is 8. The van der Waals surface area contributed by atoms with Crippen LogP contribution in [0.5, 0.6) is 0 Å². The molecule has 29 heavy (non-hydrogen) atoms. The number of hydrogen-bond acceptors (Lipinski definition) is 5. The summed E-state index contributed by atoms with van der Waals surface area (Å²) in [5.74, 6) is -0.716. The van der Waals surface area contributed by atoms with Crippen LogP contribution in [-0.2, 0) is 4.74 Å². The van der Waals surface area contributed by atoms with E-state index in [-0.39, 0.29) is 36.0 Å². The lowest BCUT2D eigenvalue weighted by Gasteiger charge is -2.34. The fourth-order valence-corrected chi connectivity index (χ4v) is 3.64. The van der Waals surface area contributed by atoms with Crippen molar-refractivity contribution in [2.75, 3.05) is 20.8 Å². The summed E-state index contributed by atoms with van der Waals surface area (Å²) in [6, 6.07) is 8.19. The Balaban J connectivity index is 1.95. The molecule has 3 N–H and O–H groups in total. The molecule has 1 aromatic heterocycles. The van der Waals surface area contributed by atoms with Crippen molar-refractivity contribution in [1.82, 2.24) is 20.4 Å². The third-order valence-electron chi connectivity index (χ3n) is 5.12. The van der Waals surface area contributed by atoms with E-state index in [4.69, 9.17) is 16.3 Å². The summed E-state index contributed by atoms with van der Waals surface area (Å²) in [5, 5.41) is 20.0. The van der Waals surface area contributed by atoms with Gasteiger partial charge in [-0.2, -0.15) is 5.10 Å².